The Balaban J connectivity index is 0.864. The standard InChI is InChI=1S/C82H64N2/c1-5-20-70(61-21-9-7-10-22-61)57-60(4)59(3)35-46-73(6-2)83(75-53-42-68(43-54-75)81-33-18-27-66-25-13-15-31-79(66)81)74-47-36-63(37-48-74)64-38-49-76(50-39-64)84(78-55-44-69(45-56-78)82-34-19-28-67-26-14-16-32-80(67)82)77-51-40-65(41-52-77)72-30-17-29-71(58-72)62-23-11-8-12-24-62/h5-58H,1,3H2,2,4H3/b46-35-,60-57+,70-20+,73-6+. The van der Waals surface area contributed by atoms with Gasteiger partial charge in [0.2, 0.25) is 0 Å². The number of allylic oxidation sites excluding steroid dienone is 9. The van der Waals surface area contributed by atoms with Crippen molar-refractivity contribution in [2.45, 2.75) is 13.8 Å². The number of hydrogen-bond acceptors (Lipinski definition) is 2. The van der Waals surface area contributed by atoms with Crippen molar-refractivity contribution in [2.75, 3.05) is 9.80 Å². The minimum atomic E-state index is 0.920. The smallest absolute Gasteiger partial charge is 0.0462 e. The molecule has 0 aromatic heterocycles. The highest BCUT2D eigenvalue weighted by atomic mass is 15.1. The highest BCUT2D eigenvalue weighted by Gasteiger charge is 2.18. The second-order valence-electron chi connectivity index (χ2n) is 21.0. The molecule has 0 bridgehead atoms. The summed E-state index contributed by atoms with van der Waals surface area (Å²) in [6, 6.07) is 105. The zero-order valence-corrected chi connectivity index (χ0v) is 47.5. The molecule has 0 fully saturated rings. The molecule has 0 heterocycles. The minimum absolute atomic E-state index is 0.920. The maximum atomic E-state index is 4.53. The molecule has 2 nitrogen and oxygen atoms in total. The van der Waals surface area contributed by atoms with Gasteiger partial charge in [0.05, 0.1) is 0 Å². The molecule has 12 aromatic rings. The van der Waals surface area contributed by atoms with Crippen molar-refractivity contribution in [1.82, 2.24) is 0 Å². The van der Waals surface area contributed by atoms with Crippen molar-refractivity contribution < 1.29 is 0 Å². The fourth-order valence-electron chi connectivity index (χ4n) is 11.3. The molecule has 2 heteroatoms. The Bertz CT molecular complexity index is 4400. The van der Waals surface area contributed by atoms with E-state index in [0.717, 1.165) is 67.5 Å². The van der Waals surface area contributed by atoms with Crippen LogP contribution in [0.1, 0.15) is 19.4 Å². The molecule has 0 aliphatic carbocycles. The van der Waals surface area contributed by atoms with E-state index in [1.165, 1.54) is 66.1 Å². The van der Waals surface area contributed by atoms with E-state index >= 15 is 0 Å². The summed E-state index contributed by atoms with van der Waals surface area (Å²) in [4.78, 5) is 4.68. The summed E-state index contributed by atoms with van der Waals surface area (Å²) in [5.41, 5.74) is 22.3. The molecular formula is C82H64N2. The molecule has 0 amide bonds. The van der Waals surface area contributed by atoms with E-state index in [1.807, 2.05) is 18.2 Å². The van der Waals surface area contributed by atoms with Crippen LogP contribution < -0.4 is 9.80 Å². The van der Waals surface area contributed by atoms with Gasteiger partial charge in [-0.25, -0.2) is 0 Å². The van der Waals surface area contributed by atoms with Crippen molar-refractivity contribution in [3.05, 3.63) is 363 Å². The topological polar surface area (TPSA) is 6.48 Å². The highest BCUT2D eigenvalue weighted by Crippen LogP contribution is 2.41. The van der Waals surface area contributed by atoms with Gasteiger partial charge >= 0.3 is 0 Å². The molecular weight excluding hydrogens is 1010 g/mol. The van der Waals surface area contributed by atoms with E-state index < -0.39 is 0 Å². The molecule has 12 rings (SSSR count). The Labute approximate surface area is 495 Å². The molecule has 0 spiro atoms. The van der Waals surface area contributed by atoms with Crippen LogP contribution in [0.2, 0.25) is 0 Å². The number of nitrogens with zero attached hydrogens (tertiary/aromatic N) is 2. The Morgan fingerprint density at radius 3 is 1.23 bits per heavy atom. The third-order valence-corrected chi connectivity index (χ3v) is 15.8. The van der Waals surface area contributed by atoms with Crippen molar-refractivity contribution in [1.29, 1.82) is 0 Å². The number of anilines is 5. The molecule has 0 saturated heterocycles. The molecule has 0 aliphatic heterocycles. The first-order chi connectivity index (χ1) is 41.4. The Hall–Kier alpha value is -10.8. The zero-order chi connectivity index (χ0) is 57.2. The molecule has 0 radical (unpaired) electrons. The fourth-order valence-corrected chi connectivity index (χ4v) is 11.3. The third kappa shape index (κ3) is 11.7. The van der Waals surface area contributed by atoms with Gasteiger partial charge in [0.15, 0.2) is 0 Å². The molecule has 84 heavy (non-hydrogen) atoms. The highest BCUT2D eigenvalue weighted by molar-refractivity contribution is 5.98. The Morgan fingerprint density at radius 1 is 0.369 bits per heavy atom. The van der Waals surface area contributed by atoms with Crippen LogP contribution in [-0.2, 0) is 0 Å². The van der Waals surface area contributed by atoms with Gasteiger partial charge in [0.1, 0.15) is 0 Å². The van der Waals surface area contributed by atoms with Gasteiger partial charge in [-0.15, -0.1) is 0 Å². The SMILES string of the molecule is C=C/C=C(\C=C(/C)C(=C)/C=C\C(=C/C)N(c1ccc(-c2ccc(N(c3ccc(-c4cccc(-c5ccccc5)c4)cc3)c3ccc(-c4cccc5ccccc45)cc3)cc2)cc1)c1ccc(-c2cccc3ccccc23)cc1)c1ccccc1. The second kappa shape index (κ2) is 24.9. The maximum Gasteiger partial charge on any atom is 0.0462 e. The van der Waals surface area contributed by atoms with Crippen LogP contribution in [0.15, 0.2) is 358 Å². The third-order valence-electron chi connectivity index (χ3n) is 15.8. The Morgan fingerprint density at radius 2 is 0.750 bits per heavy atom. The summed E-state index contributed by atoms with van der Waals surface area (Å²) in [6.07, 6.45) is 12.5. The lowest BCUT2D eigenvalue weighted by molar-refractivity contribution is 1.20. The lowest BCUT2D eigenvalue weighted by Gasteiger charge is -2.27. The van der Waals surface area contributed by atoms with Crippen molar-refractivity contribution in [3.8, 4) is 55.6 Å². The first kappa shape index (κ1) is 53.8. The quantitative estimate of drug-likeness (QED) is 0.0839. The number of hydrogen-bond donors (Lipinski definition) is 0. The van der Waals surface area contributed by atoms with E-state index in [9.17, 15) is 0 Å². The fraction of sp³-hybridized carbons (Fsp3) is 0.0244. The van der Waals surface area contributed by atoms with E-state index in [1.54, 1.807) is 0 Å². The van der Waals surface area contributed by atoms with Crippen LogP contribution in [0.5, 0.6) is 0 Å². The molecule has 12 aromatic carbocycles. The van der Waals surface area contributed by atoms with Gasteiger partial charge in [0.25, 0.3) is 0 Å². The van der Waals surface area contributed by atoms with Gasteiger partial charge in [-0.05, 0) is 186 Å². The van der Waals surface area contributed by atoms with E-state index in [-0.39, 0.29) is 0 Å². The largest absolute Gasteiger partial charge is 0.311 e. The number of rotatable bonds is 17. The summed E-state index contributed by atoms with van der Waals surface area (Å²) in [5, 5.41) is 4.94. The predicted octanol–water partition coefficient (Wildman–Crippen LogP) is 23.2. The summed E-state index contributed by atoms with van der Waals surface area (Å²) in [7, 11) is 0. The summed E-state index contributed by atoms with van der Waals surface area (Å²) in [6.45, 7) is 12.7. The van der Waals surface area contributed by atoms with Gasteiger partial charge in [0, 0.05) is 34.1 Å². The van der Waals surface area contributed by atoms with Crippen LogP contribution in [-0.4, -0.2) is 0 Å². The van der Waals surface area contributed by atoms with E-state index in [2.05, 4.69) is 346 Å². The van der Waals surface area contributed by atoms with Crippen molar-refractivity contribution in [3.63, 3.8) is 0 Å². The lowest BCUT2D eigenvalue weighted by Crippen LogP contribution is -2.15. The molecule has 0 saturated carbocycles. The second-order valence-corrected chi connectivity index (χ2v) is 21.0. The van der Waals surface area contributed by atoms with E-state index in [0.29, 0.717) is 0 Å². The van der Waals surface area contributed by atoms with Gasteiger partial charge in [-0.3, -0.25) is 0 Å². The molecule has 0 aliphatic rings. The van der Waals surface area contributed by atoms with E-state index in [4.69, 9.17) is 0 Å². The lowest BCUT2D eigenvalue weighted by atomic mass is 9.97. The average molecular weight is 1080 g/mol. The van der Waals surface area contributed by atoms with Gasteiger partial charge in [-0.1, -0.05) is 268 Å². The minimum Gasteiger partial charge on any atom is -0.311 e. The summed E-state index contributed by atoms with van der Waals surface area (Å²) < 4.78 is 0. The molecule has 0 unspecified atom stereocenters. The molecule has 0 atom stereocenters. The van der Waals surface area contributed by atoms with Crippen LogP contribution in [0.25, 0.3) is 82.8 Å². The molecule has 0 N–H and O–H groups in total. The van der Waals surface area contributed by atoms with Crippen molar-refractivity contribution >= 4 is 55.6 Å². The normalized spacial score (nSPS) is 12.0. The zero-order valence-electron chi connectivity index (χ0n) is 47.5. The Kier molecular flexibility index (Phi) is 16.0. The summed E-state index contributed by atoms with van der Waals surface area (Å²) >= 11 is 0. The predicted molar refractivity (Wildman–Crippen MR) is 362 cm³/mol. The molecule has 402 valence electrons. The number of fused-ring (bicyclic) bond motifs is 2. The van der Waals surface area contributed by atoms with Crippen LogP contribution >= 0.6 is 0 Å². The van der Waals surface area contributed by atoms with Crippen LogP contribution in [0, 0.1) is 0 Å². The van der Waals surface area contributed by atoms with Gasteiger partial charge < -0.3 is 9.80 Å². The van der Waals surface area contributed by atoms with Crippen LogP contribution in [0.4, 0.5) is 28.4 Å². The first-order valence-corrected chi connectivity index (χ1v) is 28.7. The number of benzene rings is 12. The maximum absolute atomic E-state index is 4.53. The van der Waals surface area contributed by atoms with Gasteiger partial charge in [-0.2, -0.15) is 0 Å². The van der Waals surface area contributed by atoms with Crippen molar-refractivity contribution in [2.24, 2.45) is 0 Å². The van der Waals surface area contributed by atoms with Crippen LogP contribution in [0.3, 0.4) is 0 Å². The monoisotopic (exact) mass is 1080 g/mol. The summed E-state index contributed by atoms with van der Waals surface area (Å²) in [5.74, 6) is 0. The first-order valence-electron chi connectivity index (χ1n) is 28.7. The average Bonchev–Trinajstić information content (AvgIpc) is 3.72.